The summed E-state index contributed by atoms with van der Waals surface area (Å²) in [5, 5.41) is 10.3. The average Bonchev–Trinajstić information content (AvgIpc) is 2.76. The van der Waals surface area contributed by atoms with Crippen LogP contribution in [-0.2, 0) is 6.42 Å². The molecule has 1 aromatic heterocycles. The monoisotopic (exact) mass is 305 g/mol. The molecule has 0 unspecified atom stereocenters. The predicted octanol–water partition coefficient (Wildman–Crippen LogP) is 3.15. The molecule has 0 aliphatic carbocycles. The third-order valence-corrected chi connectivity index (χ3v) is 4.07. The van der Waals surface area contributed by atoms with E-state index in [0.717, 1.165) is 22.6 Å². The predicted molar refractivity (Wildman–Crippen MR) is 88.3 cm³/mol. The molecule has 0 fully saturated rings. The number of hydrogen-bond donors (Lipinski definition) is 1. The molecule has 0 radical (unpaired) electrons. The Hall–Kier alpha value is -3.01. The first-order valence-electron chi connectivity index (χ1n) is 7.51. The minimum absolute atomic E-state index is 0.0254. The number of fused-ring (bicyclic) bond motifs is 3. The van der Waals surface area contributed by atoms with Crippen molar-refractivity contribution in [2.45, 2.75) is 6.42 Å². The first-order valence-corrected chi connectivity index (χ1v) is 7.51. The van der Waals surface area contributed by atoms with Crippen molar-refractivity contribution >= 4 is 0 Å². The van der Waals surface area contributed by atoms with Gasteiger partial charge in [-0.1, -0.05) is 30.3 Å². The zero-order chi connectivity index (χ0) is 15.8. The number of aromatic hydroxyl groups is 1. The van der Waals surface area contributed by atoms with Crippen LogP contribution in [0.3, 0.4) is 0 Å². The van der Waals surface area contributed by atoms with Gasteiger partial charge in [-0.3, -0.25) is 9.36 Å². The molecule has 0 amide bonds. The van der Waals surface area contributed by atoms with E-state index in [4.69, 9.17) is 4.74 Å². The minimum atomic E-state index is -0.260. The van der Waals surface area contributed by atoms with Crippen molar-refractivity contribution in [3.63, 3.8) is 0 Å². The summed E-state index contributed by atoms with van der Waals surface area (Å²) >= 11 is 0. The molecule has 0 bridgehead atoms. The van der Waals surface area contributed by atoms with Gasteiger partial charge in [-0.05, 0) is 24.3 Å². The van der Waals surface area contributed by atoms with Gasteiger partial charge in [-0.25, -0.2) is 0 Å². The number of nitrogens with zero attached hydrogens (tertiary/aromatic N) is 1. The molecule has 3 aromatic rings. The fraction of sp³-hybridized carbons (Fsp3) is 0.105. The lowest BCUT2D eigenvalue weighted by molar-refractivity contribution is 0.324. The van der Waals surface area contributed by atoms with Crippen LogP contribution in [0.5, 0.6) is 11.5 Å². The van der Waals surface area contributed by atoms with E-state index in [1.165, 1.54) is 6.07 Å². The van der Waals surface area contributed by atoms with Gasteiger partial charge in [0, 0.05) is 29.3 Å². The maximum atomic E-state index is 12.6. The highest BCUT2D eigenvalue weighted by atomic mass is 16.5. The van der Waals surface area contributed by atoms with Crippen molar-refractivity contribution < 1.29 is 9.84 Å². The Morgan fingerprint density at radius 2 is 1.74 bits per heavy atom. The number of pyridine rings is 1. The van der Waals surface area contributed by atoms with Gasteiger partial charge < -0.3 is 9.84 Å². The van der Waals surface area contributed by atoms with Crippen LogP contribution in [0.15, 0.2) is 65.5 Å². The van der Waals surface area contributed by atoms with Crippen LogP contribution < -0.4 is 10.3 Å². The molecule has 1 aliphatic heterocycles. The van der Waals surface area contributed by atoms with Crippen LogP contribution in [0.1, 0.15) is 5.56 Å². The standard InChI is InChI=1S/C19H15NO3/c21-16-12-18(22)20(13-6-2-1-3-7-13)19-14(16)10-11-23-17-9-5-4-8-15(17)19/h1-9,12,21H,10-11H2. The summed E-state index contributed by atoms with van der Waals surface area (Å²) in [6.07, 6.45) is 0.545. The molecular formula is C19H15NO3. The van der Waals surface area contributed by atoms with Crippen LogP contribution in [0.4, 0.5) is 0 Å². The third kappa shape index (κ3) is 2.19. The Morgan fingerprint density at radius 1 is 1.00 bits per heavy atom. The number of benzene rings is 2. The van der Waals surface area contributed by atoms with Crippen molar-refractivity contribution in [2.75, 3.05) is 6.61 Å². The topological polar surface area (TPSA) is 51.5 Å². The van der Waals surface area contributed by atoms with E-state index in [2.05, 4.69) is 0 Å². The second-order valence-electron chi connectivity index (χ2n) is 5.46. The number of ether oxygens (including phenoxy) is 1. The number of aromatic nitrogens is 1. The van der Waals surface area contributed by atoms with Gasteiger partial charge in [0.2, 0.25) is 0 Å². The Morgan fingerprint density at radius 3 is 2.57 bits per heavy atom. The van der Waals surface area contributed by atoms with Crippen molar-refractivity contribution in [3.05, 3.63) is 76.6 Å². The molecule has 0 saturated heterocycles. The molecule has 114 valence electrons. The number of para-hydroxylation sites is 2. The molecule has 2 aromatic carbocycles. The molecule has 1 N–H and O–H groups in total. The van der Waals surface area contributed by atoms with E-state index in [1.54, 1.807) is 4.57 Å². The second-order valence-corrected chi connectivity index (χ2v) is 5.46. The van der Waals surface area contributed by atoms with E-state index >= 15 is 0 Å². The van der Waals surface area contributed by atoms with E-state index in [1.807, 2.05) is 54.6 Å². The Labute approximate surface area is 133 Å². The van der Waals surface area contributed by atoms with Gasteiger partial charge in [-0.2, -0.15) is 0 Å². The van der Waals surface area contributed by atoms with Crippen LogP contribution in [0, 0.1) is 0 Å². The molecule has 0 spiro atoms. The van der Waals surface area contributed by atoms with Gasteiger partial charge in [-0.15, -0.1) is 0 Å². The smallest absolute Gasteiger partial charge is 0.259 e. The summed E-state index contributed by atoms with van der Waals surface area (Å²) in [7, 11) is 0. The molecule has 4 nitrogen and oxygen atoms in total. The van der Waals surface area contributed by atoms with Crippen LogP contribution in [-0.4, -0.2) is 16.3 Å². The zero-order valence-corrected chi connectivity index (χ0v) is 12.4. The van der Waals surface area contributed by atoms with Crippen molar-refractivity contribution in [1.29, 1.82) is 0 Å². The summed E-state index contributed by atoms with van der Waals surface area (Å²) < 4.78 is 7.43. The summed E-state index contributed by atoms with van der Waals surface area (Å²) in [5.41, 5.74) is 2.76. The molecule has 1 aliphatic rings. The maximum Gasteiger partial charge on any atom is 0.259 e. The summed E-state index contributed by atoms with van der Waals surface area (Å²) in [5.74, 6) is 0.749. The van der Waals surface area contributed by atoms with E-state index in [0.29, 0.717) is 18.7 Å². The summed E-state index contributed by atoms with van der Waals surface area (Å²) in [6, 6.07) is 18.3. The molecule has 2 heterocycles. The molecule has 0 saturated carbocycles. The van der Waals surface area contributed by atoms with Gasteiger partial charge in [0.25, 0.3) is 5.56 Å². The lowest BCUT2D eigenvalue weighted by Crippen LogP contribution is -2.20. The largest absolute Gasteiger partial charge is 0.507 e. The fourth-order valence-electron chi connectivity index (χ4n) is 3.05. The van der Waals surface area contributed by atoms with Crippen molar-refractivity contribution in [1.82, 2.24) is 4.57 Å². The van der Waals surface area contributed by atoms with Gasteiger partial charge in [0.1, 0.15) is 11.5 Å². The van der Waals surface area contributed by atoms with Crippen molar-refractivity contribution in [2.24, 2.45) is 0 Å². The maximum absolute atomic E-state index is 12.6. The second kappa shape index (κ2) is 5.32. The number of rotatable bonds is 1. The third-order valence-electron chi connectivity index (χ3n) is 4.07. The molecule has 0 atom stereocenters. The fourth-order valence-corrected chi connectivity index (χ4v) is 3.05. The Bertz CT molecular complexity index is 929. The lowest BCUT2D eigenvalue weighted by atomic mass is 10.0. The lowest BCUT2D eigenvalue weighted by Gasteiger charge is -2.17. The quantitative estimate of drug-likeness (QED) is 0.751. The van der Waals surface area contributed by atoms with Crippen LogP contribution >= 0.6 is 0 Å². The highest BCUT2D eigenvalue weighted by Crippen LogP contribution is 2.38. The van der Waals surface area contributed by atoms with E-state index < -0.39 is 0 Å². The van der Waals surface area contributed by atoms with E-state index in [-0.39, 0.29) is 11.3 Å². The van der Waals surface area contributed by atoms with Crippen molar-refractivity contribution in [3.8, 4) is 28.4 Å². The molecular weight excluding hydrogens is 290 g/mol. The zero-order valence-electron chi connectivity index (χ0n) is 12.4. The normalized spacial score (nSPS) is 12.7. The van der Waals surface area contributed by atoms with Gasteiger partial charge in [0.15, 0.2) is 0 Å². The van der Waals surface area contributed by atoms with Crippen LogP contribution in [0.2, 0.25) is 0 Å². The first-order chi connectivity index (χ1) is 11.3. The number of hydrogen-bond acceptors (Lipinski definition) is 3. The SMILES string of the molecule is O=c1cc(O)c2c(n1-c1ccccc1)-c1ccccc1OCC2. The molecule has 4 heteroatoms. The Kier molecular flexibility index (Phi) is 3.15. The first kappa shape index (κ1) is 13.6. The van der Waals surface area contributed by atoms with Crippen LogP contribution in [0.25, 0.3) is 16.9 Å². The minimum Gasteiger partial charge on any atom is -0.507 e. The summed E-state index contributed by atoms with van der Waals surface area (Å²) in [4.78, 5) is 12.6. The molecule has 4 rings (SSSR count). The highest BCUT2D eigenvalue weighted by molar-refractivity contribution is 5.74. The molecule has 23 heavy (non-hydrogen) atoms. The van der Waals surface area contributed by atoms with E-state index in [9.17, 15) is 9.90 Å². The summed E-state index contributed by atoms with van der Waals surface area (Å²) in [6.45, 7) is 0.463. The Balaban J connectivity index is 2.14. The van der Waals surface area contributed by atoms with Gasteiger partial charge in [0.05, 0.1) is 12.3 Å². The van der Waals surface area contributed by atoms with Gasteiger partial charge >= 0.3 is 0 Å². The average molecular weight is 305 g/mol. The highest BCUT2D eigenvalue weighted by Gasteiger charge is 2.23.